The number of nitro groups is 1. The Bertz CT molecular complexity index is 745. The molecule has 22 heavy (non-hydrogen) atoms. The van der Waals surface area contributed by atoms with Gasteiger partial charge in [0.25, 0.3) is 5.69 Å². The number of hydrogen-bond acceptors (Lipinski definition) is 5. The van der Waals surface area contributed by atoms with Crippen LogP contribution in [0, 0.1) is 10.1 Å². The van der Waals surface area contributed by atoms with E-state index in [-0.39, 0.29) is 5.69 Å². The zero-order valence-electron chi connectivity index (χ0n) is 11.7. The molecular formula is C16H14N2O4. The molecule has 3 aromatic rings. The molecule has 6 nitrogen and oxygen atoms in total. The van der Waals surface area contributed by atoms with Gasteiger partial charge in [0.1, 0.15) is 17.3 Å². The monoisotopic (exact) mass is 298 g/mol. The fraction of sp³-hybridized carbons (Fsp3) is 0.125. The van der Waals surface area contributed by atoms with Crippen LogP contribution < -0.4 is 5.32 Å². The van der Waals surface area contributed by atoms with Crippen molar-refractivity contribution in [2.24, 2.45) is 0 Å². The number of non-ortho nitro benzene ring substituents is 1. The second kappa shape index (κ2) is 6.28. The van der Waals surface area contributed by atoms with Crippen molar-refractivity contribution in [2.75, 3.05) is 0 Å². The van der Waals surface area contributed by atoms with E-state index in [1.54, 1.807) is 18.4 Å². The van der Waals surface area contributed by atoms with Gasteiger partial charge in [-0.05, 0) is 36.4 Å². The van der Waals surface area contributed by atoms with Gasteiger partial charge in [-0.1, -0.05) is 0 Å². The molecule has 3 rings (SSSR count). The number of rotatable bonds is 6. The molecule has 2 heterocycles. The van der Waals surface area contributed by atoms with Crippen molar-refractivity contribution in [1.82, 2.24) is 5.32 Å². The van der Waals surface area contributed by atoms with Crippen LogP contribution in [-0.2, 0) is 13.1 Å². The minimum Gasteiger partial charge on any atom is -0.468 e. The van der Waals surface area contributed by atoms with E-state index in [4.69, 9.17) is 8.83 Å². The Kier molecular flexibility index (Phi) is 4.02. The fourth-order valence-corrected chi connectivity index (χ4v) is 2.10. The molecule has 2 aromatic heterocycles. The van der Waals surface area contributed by atoms with Gasteiger partial charge in [-0.3, -0.25) is 10.1 Å². The number of nitro benzene ring substituents is 1. The van der Waals surface area contributed by atoms with Crippen LogP contribution in [0.3, 0.4) is 0 Å². The molecule has 112 valence electrons. The average Bonchev–Trinajstić information content (AvgIpc) is 3.19. The van der Waals surface area contributed by atoms with Crippen molar-refractivity contribution < 1.29 is 13.8 Å². The van der Waals surface area contributed by atoms with Crippen LogP contribution in [0.2, 0.25) is 0 Å². The number of nitrogens with zero attached hydrogens (tertiary/aromatic N) is 1. The lowest BCUT2D eigenvalue weighted by atomic mass is 10.1. The summed E-state index contributed by atoms with van der Waals surface area (Å²) < 4.78 is 11.0. The first-order valence-corrected chi connectivity index (χ1v) is 6.79. The summed E-state index contributed by atoms with van der Waals surface area (Å²) in [6, 6.07) is 13.8. The minimum atomic E-state index is -0.421. The van der Waals surface area contributed by atoms with E-state index in [9.17, 15) is 10.1 Å². The topological polar surface area (TPSA) is 81.5 Å². The maximum atomic E-state index is 10.6. The van der Waals surface area contributed by atoms with E-state index in [0.29, 0.717) is 18.8 Å². The molecule has 1 aromatic carbocycles. The summed E-state index contributed by atoms with van der Waals surface area (Å²) in [5.41, 5.74) is 0.874. The zero-order valence-corrected chi connectivity index (χ0v) is 11.7. The van der Waals surface area contributed by atoms with Crippen LogP contribution >= 0.6 is 0 Å². The maximum Gasteiger partial charge on any atom is 0.269 e. The Labute approximate surface area is 126 Å². The molecule has 0 spiro atoms. The van der Waals surface area contributed by atoms with Crippen molar-refractivity contribution in [1.29, 1.82) is 0 Å². The molecule has 1 N–H and O–H groups in total. The Morgan fingerprint density at radius 1 is 1.00 bits per heavy atom. The van der Waals surface area contributed by atoms with Crippen molar-refractivity contribution in [3.8, 4) is 11.3 Å². The Morgan fingerprint density at radius 3 is 2.45 bits per heavy atom. The predicted molar refractivity (Wildman–Crippen MR) is 80.1 cm³/mol. The van der Waals surface area contributed by atoms with E-state index in [0.717, 1.165) is 17.1 Å². The third-order valence-electron chi connectivity index (χ3n) is 3.20. The number of benzene rings is 1. The van der Waals surface area contributed by atoms with Gasteiger partial charge in [0.2, 0.25) is 0 Å². The van der Waals surface area contributed by atoms with Gasteiger partial charge in [-0.2, -0.15) is 0 Å². The molecule has 0 bridgehead atoms. The van der Waals surface area contributed by atoms with Crippen molar-refractivity contribution in [3.63, 3.8) is 0 Å². The molecule has 0 saturated carbocycles. The molecule has 0 radical (unpaired) electrons. The smallest absolute Gasteiger partial charge is 0.269 e. The third-order valence-corrected chi connectivity index (χ3v) is 3.20. The third kappa shape index (κ3) is 3.24. The van der Waals surface area contributed by atoms with Gasteiger partial charge < -0.3 is 14.2 Å². The summed E-state index contributed by atoms with van der Waals surface area (Å²) in [7, 11) is 0. The number of hydrogen-bond donors (Lipinski definition) is 1. The average molecular weight is 298 g/mol. The molecule has 0 unspecified atom stereocenters. The Balaban J connectivity index is 1.61. The first-order chi connectivity index (χ1) is 10.7. The van der Waals surface area contributed by atoms with Crippen LogP contribution in [0.5, 0.6) is 0 Å². The quantitative estimate of drug-likeness (QED) is 0.554. The van der Waals surface area contributed by atoms with Gasteiger partial charge >= 0.3 is 0 Å². The molecule has 0 saturated heterocycles. The maximum absolute atomic E-state index is 10.6. The van der Waals surface area contributed by atoms with E-state index in [1.807, 2.05) is 24.3 Å². The standard InChI is InChI=1S/C16H14N2O4/c19-18(20)13-5-3-12(4-6-13)16-8-7-15(22-16)11-17-10-14-2-1-9-21-14/h1-9,17H,10-11H2. The highest BCUT2D eigenvalue weighted by molar-refractivity contribution is 5.59. The first kappa shape index (κ1) is 14.1. The molecule has 0 amide bonds. The number of nitrogens with one attached hydrogen (secondary N) is 1. The van der Waals surface area contributed by atoms with Crippen molar-refractivity contribution in [3.05, 3.63) is 76.4 Å². The van der Waals surface area contributed by atoms with Crippen LogP contribution in [0.15, 0.2) is 63.6 Å². The van der Waals surface area contributed by atoms with Gasteiger partial charge in [0, 0.05) is 17.7 Å². The van der Waals surface area contributed by atoms with E-state index < -0.39 is 4.92 Å². The molecule has 0 fully saturated rings. The minimum absolute atomic E-state index is 0.0654. The van der Waals surface area contributed by atoms with Crippen molar-refractivity contribution in [2.45, 2.75) is 13.1 Å². The van der Waals surface area contributed by atoms with Crippen LogP contribution in [0.1, 0.15) is 11.5 Å². The highest BCUT2D eigenvalue weighted by Crippen LogP contribution is 2.24. The molecular weight excluding hydrogens is 284 g/mol. The van der Waals surface area contributed by atoms with Crippen LogP contribution in [0.25, 0.3) is 11.3 Å². The molecule has 0 aliphatic rings. The lowest BCUT2D eigenvalue weighted by Gasteiger charge is -2.00. The van der Waals surface area contributed by atoms with Gasteiger partial charge in [0.15, 0.2) is 0 Å². The zero-order chi connectivity index (χ0) is 15.4. The Hall–Kier alpha value is -2.86. The second-order valence-electron chi connectivity index (χ2n) is 4.75. The molecule has 6 heteroatoms. The van der Waals surface area contributed by atoms with E-state index >= 15 is 0 Å². The van der Waals surface area contributed by atoms with Crippen molar-refractivity contribution >= 4 is 5.69 Å². The molecule has 0 aliphatic heterocycles. The van der Waals surface area contributed by atoms with E-state index in [2.05, 4.69) is 5.32 Å². The highest BCUT2D eigenvalue weighted by atomic mass is 16.6. The van der Waals surface area contributed by atoms with Crippen LogP contribution in [0.4, 0.5) is 5.69 Å². The molecule has 0 aliphatic carbocycles. The first-order valence-electron chi connectivity index (χ1n) is 6.79. The summed E-state index contributed by atoms with van der Waals surface area (Å²) >= 11 is 0. The largest absolute Gasteiger partial charge is 0.468 e. The van der Waals surface area contributed by atoms with Gasteiger partial charge in [-0.15, -0.1) is 0 Å². The summed E-state index contributed by atoms with van der Waals surface area (Å²) in [6.07, 6.45) is 1.64. The summed E-state index contributed by atoms with van der Waals surface area (Å²) in [5, 5.41) is 13.9. The normalized spacial score (nSPS) is 10.7. The highest BCUT2D eigenvalue weighted by Gasteiger charge is 2.08. The molecule has 0 atom stereocenters. The SMILES string of the molecule is O=[N+]([O-])c1ccc(-c2ccc(CNCc3ccco3)o2)cc1. The summed E-state index contributed by atoms with van der Waals surface area (Å²) in [6.45, 7) is 1.20. The summed E-state index contributed by atoms with van der Waals surface area (Å²) in [5.74, 6) is 2.34. The van der Waals surface area contributed by atoms with Gasteiger partial charge in [-0.25, -0.2) is 0 Å². The summed E-state index contributed by atoms with van der Waals surface area (Å²) in [4.78, 5) is 10.2. The fourth-order valence-electron chi connectivity index (χ4n) is 2.10. The lowest BCUT2D eigenvalue weighted by molar-refractivity contribution is -0.384. The van der Waals surface area contributed by atoms with E-state index in [1.165, 1.54) is 12.1 Å². The number of furan rings is 2. The van der Waals surface area contributed by atoms with Crippen LogP contribution in [-0.4, -0.2) is 4.92 Å². The van der Waals surface area contributed by atoms with Gasteiger partial charge in [0.05, 0.1) is 24.3 Å². The lowest BCUT2D eigenvalue weighted by Crippen LogP contribution is -2.11. The Morgan fingerprint density at radius 2 is 1.77 bits per heavy atom. The predicted octanol–water partition coefficient (Wildman–Crippen LogP) is 3.74. The second-order valence-corrected chi connectivity index (χ2v) is 4.75.